The molecule has 0 radical (unpaired) electrons. The zero-order valence-electron chi connectivity index (χ0n) is 11.7. The highest BCUT2D eigenvalue weighted by Gasteiger charge is 2.30. The number of imidazole rings is 1. The second-order valence-electron chi connectivity index (χ2n) is 5.24. The Hall–Kier alpha value is -2.50. The van der Waals surface area contributed by atoms with Gasteiger partial charge in [0.2, 0.25) is 0 Å². The first-order chi connectivity index (χ1) is 10.3. The molecule has 3 rings (SSSR count). The van der Waals surface area contributed by atoms with Crippen LogP contribution < -0.4 is 5.69 Å². The van der Waals surface area contributed by atoms with Crippen molar-refractivity contribution in [1.29, 1.82) is 0 Å². The summed E-state index contributed by atoms with van der Waals surface area (Å²) in [6, 6.07) is 10.9. The minimum atomic E-state index is -4.43. The number of rotatable bonds is 2. The minimum Gasteiger partial charge on any atom is -0.306 e. The quantitative estimate of drug-likeness (QED) is 0.770. The molecule has 3 aromatic rings. The van der Waals surface area contributed by atoms with Gasteiger partial charge in [0.15, 0.2) is 0 Å². The van der Waals surface area contributed by atoms with E-state index < -0.39 is 17.4 Å². The van der Waals surface area contributed by atoms with Gasteiger partial charge < -0.3 is 4.98 Å². The lowest BCUT2D eigenvalue weighted by atomic mass is 10.1. The predicted octanol–water partition coefficient (Wildman–Crippen LogP) is 3.71. The number of alkyl halides is 3. The summed E-state index contributed by atoms with van der Waals surface area (Å²) in [4.78, 5) is 14.5. The number of hydrogen-bond acceptors (Lipinski definition) is 1. The molecule has 0 saturated heterocycles. The maximum atomic E-state index is 12.7. The van der Waals surface area contributed by atoms with Crippen LogP contribution in [0.2, 0.25) is 0 Å². The molecule has 0 fully saturated rings. The van der Waals surface area contributed by atoms with Gasteiger partial charge in [-0.2, -0.15) is 13.2 Å². The summed E-state index contributed by atoms with van der Waals surface area (Å²) in [6.45, 7) is 2.25. The van der Waals surface area contributed by atoms with Crippen molar-refractivity contribution in [3.05, 3.63) is 69.6 Å². The zero-order valence-corrected chi connectivity index (χ0v) is 11.7. The lowest BCUT2D eigenvalue weighted by Gasteiger charge is -2.07. The highest BCUT2D eigenvalue weighted by molar-refractivity contribution is 5.76. The number of aromatic amines is 1. The minimum absolute atomic E-state index is 0.187. The van der Waals surface area contributed by atoms with Crippen LogP contribution in [0.15, 0.2) is 47.3 Å². The summed E-state index contributed by atoms with van der Waals surface area (Å²) in [5.41, 5.74) is 1.43. The average Bonchev–Trinajstić information content (AvgIpc) is 2.73. The first-order valence-electron chi connectivity index (χ1n) is 6.70. The van der Waals surface area contributed by atoms with E-state index in [1.807, 2.05) is 31.2 Å². The van der Waals surface area contributed by atoms with Crippen LogP contribution in [0, 0.1) is 6.92 Å². The molecular weight excluding hydrogens is 293 g/mol. The first-order valence-corrected chi connectivity index (χ1v) is 6.70. The van der Waals surface area contributed by atoms with Gasteiger partial charge in [0.05, 0.1) is 23.1 Å². The summed E-state index contributed by atoms with van der Waals surface area (Å²) in [5.74, 6) is 0. The molecule has 1 aromatic heterocycles. The number of benzene rings is 2. The Morgan fingerprint density at radius 2 is 1.91 bits per heavy atom. The number of H-pyrrole nitrogens is 1. The molecule has 0 saturated carbocycles. The fraction of sp³-hybridized carbons (Fsp3) is 0.188. The average molecular weight is 306 g/mol. The van der Waals surface area contributed by atoms with E-state index in [-0.39, 0.29) is 5.52 Å². The van der Waals surface area contributed by atoms with Crippen molar-refractivity contribution in [3.8, 4) is 0 Å². The van der Waals surface area contributed by atoms with Gasteiger partial charge in [0.1, 0.15) is 0 Å². The molecule has 0 aliphatic rings. The third-order valence-corrected chi connectivity index (χ3v) is 3.52. The lowest BCUT2D eigenvalue weighted by Crippen LogP contribution is -2.17. The smallest absolute Gasteiger partial charge is 0.306 e. The van der Waals surface area contributed by atoms with Gasteiger partial charge in [-0.15, -0.1) is 0 Å². The normalized spacial score (nSPS) is 12.0. The Kier molecular flexibility index (Phi) is 3.31. The van der Waals surface area contributed by atoms with E-state index in [0.29, 0.717) is 12.1 Å². The second-order valence-corrected chi connectivity index (χ2v) is 5.24. The second kappa shape index (κ2) is 5.05. The van der Waals surface area contributed by atoms with Crippen LogP contribution in [-0.4, -0.2) is 9.55 Å². The van der Waals surface area contributed by atoms with E-state index >= 15 is 0 Å². The monoisotopic (exact) mass is 306 g/mol. The van der Waals surface area contributed by atoms with E-state index in [0.717, 1.165) is 23.3 Å². The van der Waals surface area contributed by atoms with E-state index in [1.165, 1.54) is 10.6 Å². The molecular formula is C16H13F3N2O. The summed E-state index contributed by atoms with van der Waals surface area (Å²) < 4.78 is 39.6. The fourth-order valence-electron chi connectivity index (χ4n) is 2.49. The van der Waals surface area contributed by atoms with Crippen LogP contribution in [0.3, 0.4) is 0 Å². The van der Waals surface area contributed by atoms with Crippen molar-refractivity contribution in [2.75, 3.05) is 0 Å². The predicted molar refractivity (Wildman–Crippen MR) is 77.8 cm³/mol. The SMILES string of the molecule is Cc1cccc(Cn2c(=O)[nH]c3cc(C(F)(F)F)ccc32)c1. The molecule has 0 aliphatic heterocycles. The van der Waals surface area contributed by atoms with Gasteiger partial charge in [0, 0.05) is 0 Å². The zero-order chi connectivity index (χ0) is 15.9. The first kappa shape index (κ1) is 14.4. The van der Waals surface area contributed by atoms with Crippen molar-refractivity contribution >= 4 is 11.0 Å². The number of aryl methyl sites for hydroxylation is 1. The maximum absolute atomic E-state index is 12.7. The van der Waals surface area contributed by atoms with Crippen LogP contribution in [0.1, 0.15) is 16.7 Å². The number of nitrogens with zero attached hydrogens (tertiary/aromatic N) is 1. The number of halogens is 3. The van der Waals surface area contributed by atoms with Gasteiger partial charge in [0.25, 0.3) is 0 Å². The standard InChI is InChI=1S/C16H13F3N2O/c1-10-3-2-4-11(7-10)9-21-14-6-5-12(16(17,18)19)8-13(14)20-15(21)22/h2-8H,9H2,1H3,(H,20,22). The van der Waals surface area contributed by atoms with Gasteiger partial charge in [-0.25, -0.2) is 4.79 Å². The molecule has 3 nitrogen and oxygen atoms in total. The van der Waals surface area contributed by atoms with E-state index in [4.69, 9.17) is 0 Å². The Balaban J connectivity index is 2.07. The summed E-state index contributed by atoms with van der Waals surface area (Å²) in [5, 5.41) is 0. The van der Waals surface area contributed by atoms with Gasteiger partial charge in [-0.05, 0) is 30.7 Å². The molecule has 1 heterocycles. The third kappa shape index (κ3) is 2.64. The molecule has 2 aromatic carbocycles. The topological polar surface area (TPSA) is 37.8 Å². The molecule has 22 heavy (non-hydrogen) atoms. The maximum Gasteiger partial charge on any atom is 0.416 e. The highest BCUT2D eigenvalue weighted by atomic mass is 19.4. The molecule has 0 atom stereocenters. The van der Waals surface area contributed by atoms with Crippen LogP contribution in [-0.2, 0) is 12.7 Å². The van der Waals surface area contributed by atoms with Crippen molar-refractivity contribution in [1.82, 2.24) is 9.55 Å². The Bertz CT molecular complexity index is 890. The van der Waals surface area contributed by atoms with Crippen LogP contribution >= 0.6 is 0 Å². The van der Waals surface area contributed by atoms with Crippen molar-refractivity contribution in [2.24, 2.45) is 0 Å². The molecule has 0 amide bonds. The van der Waals surface area contributed by atoms with Gasteiger partial charge in [-0.1, -0.05) is 29.8 Å². The molecule has 1 N–H and O–H groups in total. The van der Waals surface area contributed by atoms with Crippen molar-refractivity contribution in [3.63, 3.8) is 0 Å². The molecule has 6 heteroatoms. The summed E-state index contributed by atoms with van der Waals surface area (Å²) in [6.07, 6.45) is -4.43. The van der Waals surface area contributed by atoms with E-state index in [1.54, 1.807) is 0 Å². The Morgan fingerprint density at radius 3 is 2.59 bits per heavy atom. The number of fused-ring (bicyclic) bond motifs is 1. The molecule has 0 aliphatic carbocycles. The Morgan fingerprint density at radius 1 is 1.14 bits per heavy atom. The number of hydrogen-bond donors (Lipinski definition) is 1. The molecule has 0 spiro atoms. The molecule has 0 bridgehead atoms. The highest BCUT2D eigenvalue weighted by Crippen LogP contribution is 2.30. The summed E-state index contributed by atoms with van der Waals surface area (Å²) in [7, 11) is 0. The van der Waals surface area contributed by atoms with Crippen molar-refractivity contribution < 1.29 is 13.2 Å². The van der Waals surface area contributed by atoms with Gasteiger partial charge >= 0.3 is 11.9 Å². The van der Waals surface area contributed by atoms with Gasteiger partial charge in [-0.3, -0.25) is 4.57 Å². The largest absolute Gasteiger partial charge is 0.416 e. The lowest BCUT2D eigenvalue weighted by molar-refractivity contribution is -0.137. The van der Waals surface area contributed by atoms with E-state index in [2.05, 4.69) is 4.98 Å². The Labute approximate surface area is 124 Å². The number of nitrogens with one attached hydrogen (secondary N) is 1. The number of aromatic nitrogens is 2. The fourth-order valence-corrected chi connectivity index (χ4v) is 2.49. The van der Waals surface area contributed by atoms with Crippen LogP contribution in [0.4, 0.5) is 13.2 Å². The third-order valence-electron chi connectivity index (χ3n) is 3.52. The molecule has 114 valence electrons. The van der Waals surface area contributed by atoms with E-state index in [9.17, 15) is 18.0 Å². The van der Waals surface area contributed by atoms with Crippen LogP contribution in [0.5, 0.6) is 0 Å². The van der Waals surface area contributed by atoms with Crippen molar-refractivity contribution in [2.45, 2.75) is 19.6 Å². The molecule has 0 unspecified atom stereocenters. The summed E-state index contributed by atoms with van der Waals surface area (Å²) >= 11 is 0. The van der Waals surface area contributed by atoms with Crippen LogP contribution in [0.25, 0.3) is 11.0 Å².